The van der Waals surface area contributed by atoms with Gasteiger partial charge < -0.3 is 9.64 Å². The summed E-state index contributed by atoms with van der Waals surface area (Å²) >= 11 is 0. The number of carbonyl (C=O) groups excluding carboxylic acids is 2. The highest BCUT2D eigenvalue weighted by atomic mass is 32.2. The van der Waals surface area contributed by atoms with Gasteiger partial charge in [0, 0.05) is 13.1 Å². The number of benzene rings is 1. The summed E-state index contributed by atoms with van der Waals surface area (Å²) in [6.07, 6.45) is 1.08. The van der Waals surface area contributed by atoms with Gasteiger partial charge in [0.1, 0.15) is 0 Å². The molecule has 0 radical (unpaired) electrons. The van der Waals surface area contributed by atoms with Crippen molar-refractivity contribution in [3.8, 4) is 0 Å². The highest BCUT2D eigenvalue weighted by molar-refractivity contribution is 7.89. The number of amides is 1. The number of hydrogen-bond donors (Lipinski definition) is 1. The maximum absolute atomic E-state index is 12.2. The quantitative estimate of drug-likeness (QED) is 0.790. The van der Waals surface area contributed by atoms with E-state index in [4.69, 9.17) is 4.74 Å². The predicted octanol–water partition coefficient (Wildman–Crippen LogP) is 1.26. The van der Waals surface area contributed by atoms with E-state index in [2.05, 4.69) is 18.6 Å². The standard InChI is InChI=1S/C17H24N2O5S/c1-12-7-13(2)10-19(9-12)16(20)11-24-17(21)14-5-4-6-15(8-14)25(22,23)18-3/h4-6,8,12-13,18H,7,9-11H2,1-3H3/t12-,13-/m1/s1. The van der Waals surface area contributed by atoms with E-state index in [1.165, 1.54) is 31.3 Å². The maximum Gasteiger partial charge on any atom is 0.338 e. The minimum Gasteiger partial charge on any atom is -0.452 e. The van der Waals surface area contributed by atoms with Crippen molar-refractivity contribution < 1.29 is 22.7 Å². The molecule has 0 saturated carbocycles. The molecular formula is C17H24N2O5S. The van der Waals surface area contributed by atoms with Crippen LogP contribution in [-0.2, 0) is 19.6 Å². The van der Waals surface area contributed by atoms with Crippen molar-refractivity contribution >= 4 is 21.9 Å². The molecule has 0 unspecified atom stereocenters. The summed E-state index contributed by atoms with van der Waals surface area (Å²) in [5, 5.41) is 0. The molecule has 1 aliphatic rings. The number of nitrogens with zero attached hydrogens (tertiary/aromatic N) is 1. The lowest BCUT2D eigenvalue weighted by molar-refractivity contribution is -0.137. The van der Waals surface area contributed by atoms with Crippen LogP contribution in [0.4, 0.5) is 0 Å². The largest absolute Gasteiger partial charge is 0.452 e. The van der Waals surface area contributed by atoms with Gasteiger partial charge in [-0.3, -0.25) is 4.79 Å². The van der Waals surface area contributed by atoms with Crippen molar-refractivity contribution in [3.05, 3.63) is 29.8 Å². The second kappa shape index (κ2) is 7.97. The Hall–Kier alpha value is -1.93. The zero-order chi connectivity index (χ0) is 18.6. The summed E-state index contributed by atoms with van der Waals surface area (Å²) in [6, 6.07) is 5.51. The van der Waals surface area contributed by atoms with E-state index in [0.29, 0.717) is 24.9 Å². The van der Waals surface area contributed by atoms with Gasteiger partial charge in [-0.05, 0) is 43.5 Å². The second-order valence-corrected chi connectivity index (χ2v) is 8.44. The van der Waals surface area contributed by atoms with E-state index >= 15 is 0 Å². The molecule has 0 bridgehead atoms. The van der Waals surface area contributed by atoms with Crippen LogP contribution in [0.15, 0.2) is 29.2 Å². The van der Waals surface area contributed by atoms with Gasteiger partial charge in [0.15, 0.2) is 6.61 Å². The molecule has 1 heterocycles. The van der Waals surface area contributed by atoms with Crippen LogP contribution in [0.2, 0.25) is 0 Å². The van der Waals surface area contributed by atoms with Crippen molar-refractivity contribution in [2.45, 2.75) is 25.2 Å². The fraction of sp³-hybridized carbons (Fsp3) is 0.529. The van der Waals surface area contributed by atoms with Crippen LogP contribution in [-0.4, -0.2) is 51.9 Å². The van der Waals surface area contributed by atoms with Gasteiger partial charge in [-0.15, -0.1) is 0 Å². The zero-order valence-electron chi connectivity index (χ0n) is 14.7. The van der Waals surface area contributed by atoms with Gasteiger partial charge in [-0.2, -0.15) is 0 Å². The third-order valence-corrected chi connectivity index (χ3v) is 5.61. The number of ether oxygens (including phenoxy) is 1. The van der Waals surface area contributed by atoms with Crippen molar-refractivity contribution in [2.24, 2.45) is 11.8 Å². The summed E-state index contributed by atoms with van der Waals surface area (Å²) in [4.78, 5) is 26.0. The minimum atomic E-state index is -3.65. The molecule has 25 heavy (non-hydrogen) atoms. The molecular weight excluding hydrogens is 344 g/mol. The summed E-state index contributed by atoms with van der Waals surface area (Å²) < 4.78 is 30.8. The van der Waals surface area contributed by atoms with Gasteiger partial charge in [0.2, 0.25) is 10.0 Å². The number of piperidine rings is 1. The van der Waals surface area contributed by atoms with Gasteiger partial charge in [0.05, 0.1) is 10.5 Å². The third-order valence-electron chi connectivity index (χ3n) is 4.20. The SMILES string of the molecule is CNS(=O)(=O)c1cccc(C(=O)OCC(=O)N2C[C@H](C)C[C@@H](C)C2)c1. The number of likely N-dealkylation sites (tertiary alicyclic amines) is 1. The number of sulfonamides is 1. The molecule has 1 N–H and O–H groups in total. The zero-order valence-corrected chi connectivity index (χ0v) is 15.5. The molecule has 2 atom stereocenters. The molecule has 2 rings (SSSR count). The first-order chi connectivity index (χ1) is 11.7. The molecule has 1 aromatic carbocycles. The van der Waals surface area contributed by atoms with Crippen LogP contribution in [0.1, 0.15) is 30.6 Å². The van der Waals surface area contributed by atoms with Crippen molar-refractivity contribution in [2.75, 3.05) is 26.7 Å². The second-order valence-electron chi connectivity index (χ2n) is 6.56. The first-order valence-electron chi connectivity index (χ1n) is 8.21. The molecule has 1 fully saturated rings. The van der Waals surface area contributed by atoms with Gasteiger partial charge >= 0.3 is 5.97 Å². The lowest BCUT2D eigenvalue weighted by atomic mass is 9.92. The Morgan fingerprint density at radius 3 is 2.48 bits per heavy atom. The van der Waals surface area contributed by atoms with E-state index in [1.54, 1.807) is 4.90 Å². The highest BCUT2D eigenvalue weighted by Gasteiger charge is 2.26. The molecule has 138 valence electrons. The van der Waals surface area contributed by atoms with E-state index < -0.39 is 16.0 Å². The Balaban J connectivity index is 1.98. The number of esters is 1. The van der Waals surface area contributed by atoms with E-state index in [0.717, 1.165) is 6.42 Å². The lowest BCUT2D eigenvalue weighted by Gasteiger charge is -2.34. The first kappa shape index (κ1) is 19.4. The highest BCUT2D eigenvalue weighted by Crippen LogP contribution is 2.21. The lowest BCUT2D eigenvalue weighted by Crippen LogP contribution is -2.44. The van der Waals surface area contributed by atoms with Crippen LogP contribution in [0.5, 0.6) is 0 Å². The molecule has 1 saturated heterocycles. The molecule has 0 spiro atoms. The normalized spacial score (nSPS) is 21.0. The number of carbonyl (C=O) groups is 2. The van der Waals surface area contributed by atoms with Crippen LogP contribution in [0.25, 0.3) is 0 Å². The number of nitrogens with one attached hydrogen (secondary N) is 1. The van der Waals surface area contributed by atoms with Crippen molar-refractivity contribution in [1.29, 1.82) is 0 Å². The first-order valence-corrected chi connectivity index (χ1v) is 9.69. The minimum absolute atomic E-state index is 0.0329. The van der Waals surface area contributed by atoms with Crippen LogP contribution in [0, 0.1) is 11.8 Å². The smallest absolute Gasteiger partial charge is 0.338 e. The Kier molecular flexibility index (Phi) is 6.18. The topological polar surface area (TPSA) is 92.8 Å². The van der Waals surface area contributed by atoms with Crippen LogP contribution in [0.3, 0.4) is 0 Å². The van der Waals surface area contributed by atoms with Gasteiger partial charge in [0.25, 0.3) is 5.91 Å². The summed E-state index contributed by atoms with van der Waals surface area (Å²) in [5.74, 6) is -0.107. The summed E-state index contributed by atoms with van der Waals surface area (Å²) in [7, 11) is -2.36. The molecule has 1 aliphatic heterocycles. The van der Waals surface area contributed by atoms with E-state index in [-0.39, 0.29) is 23.0 Å². The third kappa shape index (κ3) is 5.02. The fourth-order valence-corrected chi connectivity index (χ4v) is 3.85. The summed E-state index contributed by atoms with van der Waals surface area (Å²) in [5.41, 5.74) is 0.0875. The van der Waals surface area contributed by atoms with Crippen molar-refractivity contribution in [3.63, 3.8) is 0 Å². The Morgan fingerprint density at radius 1 is 1.24 bits per heavy atom. The monoisotopic (exact) mass is 368 g/mol. The van der Waals surface area contributed by atoms with Crippen LogP contribution >= 0.6 is 0 Å². The average molecular weight is 368 g/mol. The van der Waals surface area contributed by atoms with E-state index in [1.807, 2.05) is 0 Å². The maximum atomic E-state index is 12.2. The molecule has 1 aromatic rings. The number of rotatable bonds is 5. The Labute approximate surface area is 148 Å². The molecule has 7 nitrogen and oxygen atoms in total. The predicted molar refractivity (Wildman–Crippen MR) is 92.5 cm³/mol. The molecule has 0 aliphatic carbocycles. The van der Waals surface area contributed by atoms with Gasteiger partial charge in [-0.25, -0.2) is 17.9 Å². The van der Waals surface area contributed by atoms with Crippen molar-refractivity contribution in [1.82, 2.24) is 9.62 Å². The molecule has 8 heteroatoms. The molecule has 0 aromatic heterocycles. The van der Waals surface area contributed by atoms with E-state index in [9.17, 15) is 18.0 Å². The Bertz CT molecular complexity index is 737. The fourth-order valence-electron chi connectivity index (χ4n) is 3.08. The van der Waals surface area contributed by atoms with Crippen LogP contribution < -0.4 is 4.72 Å². The summed E-state index contributed by atoms with van der Waals surface area (Å²) in [6.45, 7) is 5.17. The van der Waals surface area contributed by atoms with Gasteiger partial charge in [-0.1, -0.05) is 19.9 Å². The average Bonchev–Trinajstić information content (AvgIpc) is 2.58. The number of hydrogen-bond acceptors (Lipinski definition) is 5. The Morgan fingerprint density at radius 2 is 1.88 bits per heavy atom. The molecule has 1 amide bonds.